The van der Waals surface area contributed by atoms with Gasteiger partial charge in [0.05, 0.1) is 9.79 Å². The quantitative estimate of drug-likeness (QED) is 0.470. The zero-order chi connectivity index (χ0) is 24.2. The van der Waals surface area contributed by atoms with Gasteiger partial charge in [0.1, 0.15) is 0 Å². The molecule has 0 aromatic heterocycles. The number of rotatable bonds is 8. The predicted octanol–water partition coefficient (Wildman–Crippen LogP) is 3.95. The third-order valence-corrected chi connectivity index (χ3v) is 9.29. The standard InChI is InChI=1S/C26H30N2O4S2/c1-33(29,30)25-14-12-23(13-15-25)21-28(34(31,32)26-10-6-3-7-11-26)24-16-18-27(19-17-24)20-22-8-4-2-5-9-22/h2-15,24H,16-21H2,1H3. The molecule has 1 heterocycles. The van der Waals surface area contributed by atoms with Gasteiger partial charge in [-0.15, -0.1) is 0 Å². The number of sulfone groups is 1. The topological polar surface area (TPSA) is 74.8 Å². The molecule has 1 saturated heterocycles. The molecule has 4 rings (SSSR count). The maximum atomic E-state index is 13.7. The van der Waals surface area contributed by atoms with Gasteiger partial charge in [-0.2, -0.15) is 4.31 Å². The molecule has 0 atom stereocenters. The van der Waals surface area contributed by atoms with E-state index in [0.717, 1.165) is 44.3 Å². The first-order valence-corrected chi connectivity index (χ1v) is 14.7. The van der Waals surface area contributed by atoms with E-state index in [-0.39, 0.29) is 22.4 Å². The summed E-state index contributed by atoms with van der Waals surface area (Å²) in [6.07, 6.45) is 2.64. The van der Waals surface area contributed by atoms with E-state index in [0.29, 0.717) is 0 Å². The third-order valence-electron chi connectivity index (χ3n) is 6.25. The fraction of sp³-hybridized carbons (Fsp3) is 0.308. The first kappa shape index (κ1) is 24.6. The van der Waals surface area contributed by atoms with E-state index < -0.39 is 19.9 Å². The molecule has 0 N–H and O–H groups in total. The molecule has 180 valence electrons. The number of hydrogen-bond donors (Lipinski definition) is 0. The second kappa shape index (κ2) is 10.4. The Morgan fingerprint density at radius 2 is 1.29 bits per heavy atom. The van der Waals surface area contributed by atoms with E-state index in [1.807, 2.05) is 18.2 Å². The van der Waals surface area contributed by atoms with Crippen LogP contribution in [0, 0.1) is 0 Å². The molecule has 0 radical (unpaired) electrons. The molecule has 1 aliphatic heterocycles. The fourth-order valence-corrected chi connectivity index (χ4v) is 6.69. The molecule has 0 amide bonds. The van der Waals surface area contributed by atoms with Gasteiger partial charge in [-0.25, -0.2) is 16.8 Å². The van der Waals surface area contributed by atoms with Crippen LogP contribution in [0.25, 0.3) is 0 Å². The van der Waals surface area contributed by atoms with Crippen molar-refractivity contribution < 1.29 is 16.8 Å². The highest BCUT2D eigenvalue weighted by Crippen LogP contribution is 2.27. The smallest absolute Gasteiger partial charge is 0.243 e. The van der Waals surface area contributed by atoms with Gasteiger partial charge in [-0.1, -0.05) is 60.7 Å². The maximum Gasteiger partial charge on any atom is 0.243 e. The second-order valence-electron chi connectivity index (χ2n) is 8.77. The molecule has 3 aromatic carbocycles. The summed E-state index contributed by atoms with van der Waals surface area (Å²) in [5.41, 5.74) is 2.01. The zero-order valence-corrected chi connectivity index (χ0v) is 20.9. The fourth-order valence-electron chi connectivity index (χ4n) is 4.37. The van der Waals surface area contributed by atoms with Crippen molar-refractivity contribution in [2.24, 2.45) is 0 Å². The minimum Gasteiger partial charge on any atom is -0.299 e. The van der Waals surface area contributed by atoms with E-state index in [2.05, 4.69) is 17.0 Å². The van der Waals surface area contributed by atoms with Crippen molar-refractivity contribution in [1.29, 1.82) is 0 Å². The van der Waals surface area contributed by atoms with Crippen molar-refractivity contribution in [3.05, 3.63) is 96.1 Å². The van der Waals surface area contributed by atoms with Crippen LogP contribution >= 0.6 is 0 Å². The Morgan fingerprint density at radius 3 is 1.85 bits per heavy atom. The van der Waals surface area contributed by atoms with Gasteiger partial charge in [-0.05, 0) is 48.2 Å². The van der Waals surface area contributed by atoms with Crippen molar-refractivity contribution in [3.63, 3.8) is 0 Å². The molecule has 0 bridgehead atoms. The molecule has 0 spiro atoms. The Kier molecular flexibility index (Phi) is 7.52. The molecule has 1 aliphatic rings. The molecule has 0 aliphatic carbocycles. The summed E-state index contributed by atoms with van der Waals surface area (Å²) in [4.78, 5) is 2.86. The van der Waals surface area contributed by atoms with E-state index in [4.69, 9.17) is 0 Å². The van der Waals surface area contributed by atoms with Crippen LogP contribution in [0.15, 0.2) is 94.7 Å². The number of nitrogens with zero attached hydrogens (tertiary/aromatic N) is 2. The van der Waals surface area contributed by atoms with Gasteiger partial charge < -0.3 is 0 Å². The van der Waals surface area contributed by atoms with Crippen LogP contribution in [0.5, 0.6) is 0 Å². The summed E-state index contributed by atoms with van der Waals surface area (Å²) < 4.78 is 52.5. The van der Waals surface area contributed by atoms with Crippen LogP contribution in [0.4, 0.5) is 0 Å². The first-order valence-electron chi connectivity index (χ1n) is 11.4. The lowest BCUT2D eigenvalue weighted by Crippen LogP contribution is -2.46. The molecule has 0 unspecified atom stereocenters. The van der Waals surface area contributed by atoms with Crippen molar-refractivity contribution in [3.8, 4) is 0 Å². The lowest BCUT2D eigenvalue weighted by atomic mass is 10.0. The van der Waals surface area contributed by atoms with Crippen molar-refractivity contribution >= 4 is 19.9 Å². The van der Waals surface area contributed by atoms with E-state index in [1.165, 1.54) is 5.56 Å². The van der Waals surface area contributed by atoms with Gasteiger partial charge in [0.25, 0.3) is 0 Å². The van der Waals surface area contributed by atoms with E-state index in [1.54, 1.807) is 58.9 Å². The van der Waals surface area contributed by atoms with Crippen LogP contribution in [-0.4, -0.2) is 51.4 Å². The molecule has 3 aromatic rings. The zero-order valence-electron chi connectivity index (χ0n) is 19.2. The van der Waals surface area contributed by atoms with Crippen molar-refractivity contribution in [2.45, 2.75) is 41.8 Å². The molecular weight excluding hydrogens is 468 g/mol. The summed E-state index contributed by atoms with van der Waals surface area (Å²) in [6.45, 7) is 2.68. The monoisotopic (exact) mass is 498 g/mol. The highest BCUT2D eigenvalue weighted by Gasteiger charge is 2.34. The molecule has 6 nitrogen and oxygen atoms in total. The molecule has 34 heavy (non-hydrogen) atoms. The van der Waals surface area contributed by atoms with Gasteiger partial charge in [0.15, 0.2) is 9.84 Å². The Balaban J connectivity index is 1.55. The minimum atomic E-state index is -3.72. The molecule has 8 heteroatoms. The van der Waals surface area contributed by atoms with Crippen molar-refractivity contribution in [2.75, 3.05) is 19.3 Å². The first-order chi connectivity index (χ1) is 16.2. The summed E-state index contributed by atoms with van der Waals surface area (Å²) in [7, 11) is -7.03. The average molecular weight is 499 g/mol. The number of sulfonamides is 1. The Morgan fingerprint density at radius 1 is 0.735 bits per heavy atom. The highest BCUT2D eigenvalue weighted by molar-refractivity contribution is 7.90. The Hall–Kier alpha value is -2.52. The van der Waals surface area contributed by atoms with Gasteiger partial charge in [0, 0.05) is 38.5 Å². The van der Waals surface area contributed by atoms with Gasteiger partial charge in [0.2, 0.25) is 10.0 Å². The lowest BCUT2D eigenvalue weighted by molar-refractivity contribution is 0.150. The van der Waals surface area contributed by atoms with E-state index >= 15 is 0 Å². The summed E-state index contributed by atoms with van der Waals surface area (Å²) >= 11 is 0. The van der Waals surface area contributed by atoms with E-state index in [9.17, 15) is 16.8 Å². The SMILES string of the molecule is CS(=O)(=O)c1ccc(CN(C2CCN(Cc3ccccc3)CC2)S(=O)(=O)c2ccccc2)cc1. The predicted molar refractivity (Wildman–Crippen MR) is 133 cm³/mol. The largest absolute Gasteiger partial charge is 0.299 e. The summed E-state index contributed by atoms with van der Waals surface area (Å²) in [6, 6.07) is 25.2. The number of hydrogen-bond acceptors (Lipinski definition) is 5. The van der Waals surface area contributed by atoms with Gasteiger partial charge >= 0.3 is 0 Å². The van der Waals surface area contributed by atoms with Crippen LogP contribution in [0.2, 0.25) is 0 Å². The highest BCUT2D eigenvalue weighted by atomic mass is 32.2. The summed E-state index contributed by atoms with van der Waals surface area (Å²) in [5, 5.41) is 0. The number of piperidine rings is 1. The lowest BCUT2D eigenvalue weighted by Gasteiger charge is -2.38. The van der Waals surface area contributed by atoms with Crippen molar-refractivity contribution in [1.82, 2.24) is 9.21 Å². The second-order valence-corrected chi connectivity index (χ2v) is 12.7. The Bertz CT molecular complexity index is 1290. The molecule has 1 fully saturated rings. The van der Waals surface area contributed by atoms with Crippen LogP contribution in [0.1, 0.15) is 24.0 Å². The van der Waals surface area contributed by atoms with Gasteiger partial charge in [-0.3, -0.25) is 4.90 Å². The maximum absolute atomic E-state index is 13.7. The molecular formula is C26H30N2O4S2. The third kappa shape index (κ3) is 5.93. The normalized spacial score (nSPS) is 16.1. The molecule has 0 saturated carbocycles. The van der Waals surface area contributed by atoms with Crippen LogP contribution in [-0.2, 0) is 33.0 Å². The number of benzene rings is 3. The van der Waals surface area contributed by atoms with Crippen LogP contribution in [0.3, 0.4) is 0 Å². The van der Waals surface area contributed by atoms with Crippen LogP contribution < -0.4 is 0 Å². The summed E-state index contributed by atoms with van der Waals surface area (Å²) in [5.74, 6) is 0. The minimum absolute atomic E-state index is 0.133. The Labute approximate surface area is 202 Å². The average Bonchev–Trinajstić information content (AvgIpc) is 2.84. The number of likely N-dealkylation sites (tertiary alicyclic amines) is 1.